The number of aryl methyl sites for hydroxylation is 2. The number of nitrogens with zero attached hydrogens (tertiary/aromatic N) is 5. The molecule has 3 rings (SSSR count). The first-order chi connectivity index (χ1) is 11.6. The van der Waals surface area contributed by atoms with Crippen LogP contribution in [0.5, 0.6) is 0 Å². The zero-order valence-corrected chi connectivity index (χ0v) is 14.6. The fourth-order valence-electron chi connectivity index (χ4n) is 2.84. The van der Waals surface area contributed by atoms with Crippen LogP contribution in [0.1, 0.15) is 42.3 Å². The normalized spacial score (nSPS) is 17.1. The van der Waals surface area contributed by atoms with E-state index in [1.807, 2.05) is 24.8 Å². The van der Waals surface area contributed by atoms with Gasteiger partial charge in [-0.1, -0.05) is 24.8 Å². The van der Waals surface area contributed by atoms with Crippen molar-refractivity contribution in [2.75, 3.05) is 11.9 Å². The predicted molar refractivity (Wildman–Crippen MR) is 93.2 cm³/mol. The molecule has 3 heterocycles. The number of rotatable bonds is 5. The van der Waals surface area contributed by atoms with Crippen molar-refractivity contribution in [3.8, 4) is 0 Å². The summed E-state index contributed by atoms with van der Waals surface area (Å²) in [5, 5.41) is 13.1. The van der Waals surface area contributed by atoms with E-state index >= 15 is 0 Å². The molecule has 0 spiro atoms. The molecule has 7 nitrogen and oxygen atoms in total. The van der Waals surface area contributed by atoms with E-state index in [2.05, 4.69) is 32.1 Å². The van der Waals surface area contributed by atoms with E-state index in [1.54, 1.807) is 0 Å². The minimum atomic E-state index is -0.0556. The molecule has 1 amide bonds. The molecule has 1 aliphatic heterocycles. The van der Waals surface area contributed by atoms with Crippen molar-refractivity contribution in [3.05, 3.63) is 35.2 Å². The molecule has 0 aromatic carbocycles. The van der Waals surface area contributed by atoms with E-state index in [9.17, 15) is 4.79 Å². The van der Waals surface area contributed by atoms with Crippen LogP contribution in [0.15, 0.2) is 18.7 Å². The number of hydrogen-bond donors (Lipinski definition) is 1. The van der Waals surface area contributed by atoms with Crippen LogP contribution in [0, 0.1) is 6.92 Å². The Morgan fingerprint density at radius 1 is 1.50 bits per heavy atom. The van der Waals surface area contributed by atoms with Gasteiger partial charge in [0.25, 0.3) is 0 Å². The number of aromatic nitrogens is 4. The molecule has 126 valence electrons. The van der Waals surface area contributed by atoms with Crippen molar-refractivity contribution < 1.29 is 4.79 Å². The Kier molecular flexibility index (Phi) is 4.84. The molecule has 0 radical (unpaired) electrons. The zero-order chi connectivity index (χ0) is 17.1. The van der Waals surface area contributed by atoms with Gasteiger partial charge in [-0.25, -0.2) is 9.97 Å². The third kappa shape index (κ3) is 3.43. The average Bonchev–Trinajstić information content (AvgIpc) is 3.22. The highest BCUT2D eigenvalue weighted by Gasteiger charge is 2.30. The van der Waals surface area contributed by atoms with Crippen LogP contribution in [-0.2, 0) is 11.2 Å². The molecule has 1 aliphatic rings. The fraction of sp³-hybridized carbons (Fsp3) is 0.438. The highest BCUT2D eigenvalue weighted by Crippen LogP contribution is 2.32. The molecule has 2 aromatic rings. The lowest BCUT2D eigenvalue weighted by atomic mass is 10.1. The number of amides is 1. The quantitative estimate of drug-likeness (QED) is 0.840. The Balaban J connectivity index is 1.85. The topological polar surface area (TPSA) is 83.9 Å². The van der Waals surface area contributed by atoms with Gasteiger partial charge in [-0.3, -0.25) is 4.79 Å². The van der Waals surface area contributed by atoms with Gasteiger partial charge in [0.05, 0.1) is 11.7 Å². The highest BCUT2D eigenvalue weighted by atomic mass is 32.1. The summed E-state index contributed by atoms with van der Waals surface area (Å²) < 4.78 is 0. The maximum absolute atomic E-state index is 12.0. The lowest BCUT2D eigenvalue weighted by Crippen LogP contribution is -2.29. The van der Waals surface area contributed by atoms with Crippen LogP contribution >= 0.6 is 11.3 Å². The van der Waals surface area contributed by atoms with Crippen LogP contribution in [-0.4, -0.2) is 37.5 Å². The minimum absolute atomic E-state index is 0.0293. The van der Waals surface area contributed by atoms with Gasteiger partial charge in [-0.15, -0.1) is 10.2 Å². The van der Waals surface area contributed by atoms with E-state index in [0.29, 0.717) is 16.8 Å². The molecule has 24 heavy (non-hydrogen) atoms. The Labute approximate surface area is 144 Å². The lowest BCUT2D eigenvalue weighted by Gasteiger charge is -2.23. The van der Waals surface area contributed by atoms with Crippen LogP contribution in [0.25, 0.3) is 0 Å². The second-order valence-corrected chi connectivity index (χ2v) is 6.66. The van der Waals surface area contributed by atoms with Crippen molar-refractivity contribution in [2.24, 2.45) is 0 Å². The Morgan fingerprint density at radius 3 is 3.04 bits per heavy atom. The van der Waals surface area contributed by atoms with E-state index in [1.165, 1.54) is 17.4 Å². The number of carbonyl (C=O) groups excluding carboxylic acids is 1. The predicted octanol–water partition coefficient (Wildman–Crippen LogP) is 2.79. The molecule has 0 aliphatic carbocycles. The fourth-order valence-corrected chi connectivity index (χ4v) is 3.52. The Hall–Kier alpha value is -2.35. The summed E-state index contributed by atoms with van der Waals surface area (Å²) in [6.07, 6.45) is 4.08. The molecule has 2 aromatic heterocycles. The summed E-state index contributed by atoms with van der Waals surface area (Å²) in [6.45, 7) is 8.21. The van der Waals surface area contributed by atoms with Crippen molar-refractivity contribution >= 4 is 28.2 Å². The Morgan fingerprint density at radius 2 is 2.33 bits per heavy atom. The van der Waals surface area contributed by atoms with Gasteiger partial charge < -0.3 is 10.2 Å². The maximum Gasteiger partial charge on any atom is 0.246 e. The van der Waals surface area contributed by atoms with Crippen molar-refractivity contribution in [3.63, 3.8) is 0 Å². The molecule has 1 saturated heterocycles. The van der Waals surface area contributed by atoms with Crippen LogP contribution in [0.3, 0.4) is 0 Å². The van der Waals surface area contributed by atoms with Crippen molar-refractivity contribution in [1.29, 1.82) is 0 Å². The standard InChI is InChI=1S/C16H20N6OS/c1-4-14-20-21-16(24-14)19-13-9-11(17-10(3)18-13)12-7-6-8-22(12)15(23)5-2/h5,9,12H,2,4,6-8H2,1,3H3,(H,17,18,19,21)/t12-/m0/s1. The van der Waals surface area contributed by atoms with E-state index < -0.39 is 0 Å². The van der Waals surface area contributed by atoms with Gasteiger partial charge in [0, 0.05) is 12.6 Å². The molecule has 0 bridgehead atoms. The number of anilines is 2. The number of hydrogen-bond acceptors (Lipinski definition) is 7. The van der Waals surface area contributed by atoms with Gasteiger partial charge >= 0.3 is 0 Å². The molecule has 8 heteroatoms. The number of likely N-dealkylation sites (tertiary alicyclic amines) is 1. The molecule has 0 saturated carbocycles. The summed E-state index contributed by atoms with van der Waals surface area (Å²) in [5.41, 5.74) is 0.845. The molecule has 1 fully saturated rings. The van der Waals surface area contributed by atoms with Crippen LogP contribution < -0.4 is 5.32 Å². The first kappa shape index (κ1) is 16.5. The number of nitrogens with one attached hydrogen (secondary N) is 1. The second-order valence-electron chi connectivity index (χ2n) is 5.60. The van der Waals surface area contributed by atoms with Gasteiger partial charge in [0.1, 0.15) is 16.6 Å². The van der Waals surface area contributed by atoms with E-state index in [-0.39, 0.29) is 11.9 Å². The monoisotopic (exact) mass is 344 g/mol. The van der Waals surface area contributed by atoms with E-state index in [0.717, 1.165) is 36.5 Å². The van der Waals surface area contributed by atoms with Crippen molar-refractivity contribution in [2.45, 2.75) is 39.2 Å². The summed E-state index contributed by atoms with van der Waals surface area (Å²) in [5.74, 6) is 1.28. The molecule has 1 atom stereocenters. The van der Waals surface area contributed by atoms with Gasteiger partial charge in [0.2, 0.25) is 11.0 Å². The van der Waals surface area contributed by atoms with Crippen LogP contribution in [0.4, 0.5) is 10.9 Å². The molecule has 0 unspecified atom stereocenters. The smallest absolute Gasteiger partial charge is 0.246 e. The summed E-state index contributed by atoms with van der Waals surface area (Å²) in [7, 11) is 0. The molecular formula is C16H20N6OS. The van der Waals surface area contributed by atoms with Gasteiger partial charge in [0.15, 0.2) is 0 Å². The molecular weight excluding hydrogens is 324 g/mol. The largest absolute Gasteiger partial charge is 0.331 e. The third-order valence-electron chi connectivity index (χ3n) is 3.91. The molecule has 1 N–H and O–H groups in total. The summed E-state index contributed by atoms with van der Waals surface area (Å²) >= 11 is 1.51. The first-order valence-electron chi connectivity index (χ1n) is 7.98. The third-order valence-corrected chi connectivity index (χ3v) is 4.90. The second kappa shape index (κ2) is 7.04. The van der Waals surface area contributed by atoms with Gasteiger partial charge in [-0.05, 0) is 32.3 Å². The SMILES string of the molecule is C=CC(=O)N1CCC[C@H]1c1cc(Nc2nnc(CC)s2)nc(C)n1. The summed E-state index contributed by atoms with van der Waals surface area (Å²) in [6, 6.07) is 1.86. The maximum atomic E-state index is 12.0. The Bertz CT molecular complexity index is 759. The van der Waals surface area contributed by atoms with Crippen molar-refractivity contribution in [1.82, 2.24) is 25.1 Å². The average molecular weight is 344 g/mol. The van der Waals surface area contributed by atoms with Gasteiger partial charge in [-0.2, -0.15) is 0 Å². The highest BCUT2D eigenvalue weighted by molar-refractivity contribution is 7.15. The van der Waals surface area contributed by atoms with Crippen LogP contribution in [0.2, 0.25) is 0 Å². The zero-order valence-electron chi connectivity index (χ0n) is 13.8. The first-order valence-corrected chi connectivity index (χ1v) is 8.80. The minimum Gasteiger partial charge on any atom is -0.331 e. The summed E-state index contributed by atoms with van der Waals surface area (Å²) in [4.78, 5) is 22.8. The number of carbonyl (C=O) groups is 1. The van der Waals surface area contributed by atoms with E-state index in [4.69, 9.17) is 0 Å². The lowest BCUT2D eigenvalue weighted by molar-refractivity contribution is -0.126.